The van der Waals surface area contributed by atoms with E-state index in [2.05, 4.69) is 11.4 Å². The summed E-state index contributed by atoms with van der Waals surface area (Å²) in [5, 5.41) is 13.0. The van der Waals surface area contributed by atoms with Crippen LogP contribution in [0.3, 0.4) is 0 Å². The average molecular weight is 472 g/mol. The predicted molar refractivity (Wildman–Crippen MR) is 121 cm³/mol. The summed E-state index contributed by atoms with van der Waals surface area (Å²) < 4.78 is 15.2. The van der Waals surface area contributed by atoms with Crippen molar-refractivity contribution < 1.29 is 28.6 Å². The number of thiophene rings is 1. The van der Waals surface area contributed by atoms with Gasteiger partial charge in [-0.15, -0.1) is 11.3 Å². The number of para-hydroxylation sites is 1. The lowest BCUT2D eigenvalue weighted by atomic mass is 10.0. The first-order valence-electron chi connectivity index (χ1n) is 10.4. The molecule has 1 aromatic heterocycles. The minimum Gasteiger partial charge on any atom is -0.496 e. The lowest BCUT2D eigenvalue weighted by molar-refractivity contribution is -0.142. The number of benzene rings is 1. The van der Waals surface area contributed by atoms with E-state index in [1.54, 1.807) is 7.11 Å². The largest absolute Gasteiger partial charge is 0.496 e. The van der Waals surface area contributed by atoms with Gasteiger partial charge >= 0.3 is 12.1 Å². The summed E-state index contributed by atoms with van der Waals surface area (Å²) in [6, 6.07) is 9.72. The molecule has 2 heterocycles. The Morgan fingerprint density at radius 3 is 2.70 bits per heavy atom. The highest BCUT2D eigenvalue weighted by Gasteiger charge is 2.28. The van der Waals surface area contributed by atoms with Crippen LogP contribution in [0.25, 0.3) is 0 Å². The van der Waals surface area contributed by atoms with Crippen LogP contribution in [0.4, 0.5) is 9.80 Å². The lowest BCUT2D eigenvalue weighted by Gasteiger charge is -2.26. The van der Waals surface area contributed by atoms with Gasteiger partial charge in [-0.1, -0.05) is 18.2 Å². The number of ether oxygens (including phenoxy) is 3. The van der Waals surface area contributed by atoms with Crippen molar-refractivity contribution in [3.63, 3.8) is 0 Å². The molecule has 0 radical (unpaired) electrons. The summed E-state index contributed by atoms with van der Waals surface area (Å²) in [5.41, 5.74) is 2.24. The Hall–Kier alpha value is -3.58. The van der Waals surface area contributed by atoms with Crippen molar-refractivity contribution in [3.05, 3.63) is 45.8 Å². The van der Waals surface area contributed by atoms with Crippen molar-refractivity contribution in [3.8, 4) is 11.8 Å². The Kier molecular flexibility index (Phi) is 8.27. The van der Waals surface area contributed by atoms with Gasteiger partial charge in [0, 0.05) is 24.8 Å². The second-order valence-electron chi connectivity index (χ2n) is 7.31. The number of anilines is 1. The Bertz CT molecular complexity index is 1070. The number of hydrogen-bond donors (Lipinski definition) is 1. The van der Waals surface area contributed by atoms with Gasteiger partial charge in [-0.25, -0.2) is 4.79 Å². The number of carbonyl (C=O) groups excluding carboxylic acids is 3. The number of rotatable bonds is 8. The summed E-state index contributed by atoms with van der Waals surface area (Å²) in [4.78, 5) is 38.0. The smallest absolute Gasteiger partial charge is 0.410 e. The number of nitriles is 1. The van der Waals surface area contributed by atoms with E-state index in [1.165, 1.54) is 23.2 Å². The molecule has 33 heavy (non-hydrogen) atoms. The molecule has 1 aromatic carbocycles. The Labute approximate surface area is 195 Å². The van der Waals surface area contributed by atoms with E-state index in [4.69, 9.17) is 14.2 Å². The molecule has 0 saturated carbocycles. The molecular weight excluding hydrogens is 446 g/mol. The van der Waals surface area contributed by atoms with E-state index in [-0.39, 0.29) is 32.1 Å². The standard InChI is InChI=1S/C23H25N3O6S/c1-15(27)31-11-12-32-23(29)26-10-9-17-18(13-24)22(33-20(17)14-26)25-21(28)8-7-16-5-3-4-6-19(16)30-2/h3-6H,7-12,14H2,1-2H3,(H,25,28). The minimum atomic E-state index is -0.512. The van der Waals surface area contributed by atoms with Crippen molar-refractivity contribution in [1.29, 1.82) is 5.26 Å². The number of nitrogens with zero attached hydrogens (tertiary/aromatic N) is 2. The summed E-state index contributed by atoms with van der Waals surface area (Å²) >= 11 is 1.30. The van der Waals surface area contributed by atoms with E-state index in [0.717, 1.165) is 21.8 Å². The third kappa shape index (κ3) is 6.23. The fraction of sp³-hybridized carbons (Fsp3) is 0.391. The molecule has 0 atom stereocenters. The first kappa shape index (κ1) is 24.1. The first-order chi connectivity index (χ1) is 15.9. The van der Waals surface area contributed by atoms with E-state index in [1.807, 2.05) is 24.3 Å². The van der Waals surface area contributed by atoms with Crippen LogP contribution in [-0.4, -0.2) is 49.7 Å². The summed E-state index contributed by atoms with van der Waals surface area (Å²) in [5.74, 6) is 0.0981. The van der Waals surface area contributed by atoms with Crippen molar-refractivity contribution in [1.82, 2.24) is 4.90 Å². The quantitative estimate of drug-likeness (QED) is 0.464. The number of methoxy groups -OCH3 is 1. The maximum absolute atomic E-state index is 12.6. The van der Waals surface area contributed by atoms with Crippen molar-refractivity contribution in [2.75, 3.05) is 32.2 Å². The van der Waals surface area contributed by atoms with Gasteiger partial charge in [0.1, 0.15) is 30.0 Å². The van der Waals surface area contributed by atoms with E-state index in [9.17, 15) is 19.6 Å². The van der Waals surface area contributed by atoms with Crippen molar-refractivity contribution in [2.24, 2.45) is 0 Å². The van der Waals surface area contributed by atoms with Crippen LogP contribution in [0.5, 0.6) is 5.75 Å². The van der Waals surface area contributed by atoms with Gasteiger partial charge in [0.2, 0.25) is 5.91 Å². The van der Waals surface area contributed by atoms with Gasteiger partial charge < -0.3 is 24.4 Å². The summed E-state index contributed by atoms with van der Waals surface area (Å²) in [7, 11) is 1.59. The molecule has 0 fully saturated rings. The summed E-state index contributed by atoms with van der Waals surface area (Å²) in [6.45, 7) is 1.95. The van der Waals surface area contributed by atoms with Gasteiger partial charge in [0.25, 0.3) is 0 Å². The zero-order chi connectivity index (χ0) is 23.8. The van der Waals surface area contributed by atoms with Crippen molar-refractivity contribution in [2.45, 2.75) is 32.7 Å². The molecule has 2 amide bonds. The number of carbonyl (C=O) groups is 3. The molecule has 0 bridgehead atoms. The summed E-state index contributed by atoms with van der Waals surface area (Å²) in [6.07, 6.45) is 0.733. The molecule has 0 saturated heterocycles. The monoisotopic (exact) mass is 471 g/mol. The van der Waals surface area contributed by atoms with E-state index >= 15 is 0 Å². The molecule has 9 nitrogen and oxygen atoms in total. The Balaban J connectivity index is 1.59. The minimum absolute atomic E-state index is 0.00276. The third-order valence-electron chi connectivity index (χ3n) is 5.11. The highest BCUT2D eigenvalue weighted by molar-refractivity contribution is 7.16. The number of nitrogens with one attached hydrogen (secondary N) is 1. The van der Waals surface area contributed by atoms with Gasteiger partial charge in [-0.2, -0.15) is 5.26 Å². The topological polar surface area (TPSA) is 118 Å². The van der Waals surface area contributed by atoms with Crippen LogP contribution >= 0.6 is 11.3 Å². The molecule has 10 heteroatoms. The molecule has 0 unspecified atom stereocenters. The number of fused-ring (bicyclic) bond motifs is 1. The second-order valence-corrected chi connectivity index (χ2v) is 8.41. The lowest BCUT2D eigenvalue weighted by Crippen LogP contribution is -2.36. The maximum atomic E-state index is 12.6. The van der Waals surface area contributed by atoms with Gasteiger partial charge in [0.05, 0.1) is 19.2 Å². The number of hydrogen-bond acceptors (Lipinski definition) is 8. The normalized spacial score (nSPS) is 12.3. The molecule has 0 aliphatic carbocycles. The fourth-order valence-corrected chi connectivity index (χ4v) is 4.75. The molecule has 3 rings (SSSR count). The zero-order valence-electron chi connectivity index (χ0n) is 18.5. The van der Waals surface area contributed by atoms with Crippen LogP contribution in [-0.2, 0) is 38.4 Å². The number of aryl methyl sites for hydroxylation is 1. The molecule has 1 N–H and O–H groups in total. The highest BCUT2D eigenvalue weighted by atomic mass is 32.1. The Morgan fingerprint density at radius 2 is 1.97 bits per heavy atom. The van der Waals surface area contributed by atoms with Gasteiger partial charge in [-0.05, 0) is 30.0 Å². The number of esters is 1. The van der Waals surface area contributed by atoms with Crippen LogP contribution in [0, 0.1) is 11.3 Å². The van der Waals surface area contributed by atoms with Crippen LogP contribution < -0.4 is 10.1 Å². The Morgan fingerprint density at radius 1 is 1.21 bits per heavy atom. The van der Waals surface area contributed by atoms with E-state index in [0.29, 0.717) is 30.0 Å². The highest BCUT2D eigenvalue weighted by Crippen LogP contribution is 2.37. The van der Waals surface area contributed by atoms with E-state index < -0.39 is 12.1 Å². The molecule has 0 spiro atoms. The second kappa shape index (κ2) is 11.3. The molecule has 2 aromatic rings. The molecule has 1 aliphatic rings. The van der Waals surface area contributed by atoms with Crippen LogP contribution in [0.15, 0.2) is 24.3 Å². The predicted octanol–water partition coefficient (Wildman–Crippen LogP) is 3.26. The molecule has 1 aliphatic heterocycles. The molecular formula is C23H25N3O6S. The average Bonchev–Trinajstić information content (AvgIpc) is 3.16. The zero-order valence-corrected chi connectivity index (χ0v) is 19.3. The third-order valence-corrected chi connectivity index (χ3v) is 6.24. The van der Waals surface area contributed by atoms with Gasteiger partial charge in [0.15, 0.2) is 0 Å². The van der Waals surface area contributed by atoms with Crippen LogP contribution in [0.1, 0.15) is 34.9 Å². The van der Waals surface area contributed by atoms with Gasteiger partial charge in [-0.3, -0.25) is 9.59 Å². The molecule has 174 valence electrons. The SMILES string of the molecule is COc1ccccc1CCC(=O)Nc1sc2c(c1C#N)CCN(C(=O)OCCOC(C)=O)C2. The maximum Gasteiger partial charge on any atom is 0.410 e. The first-order valence-corrected chi connectivity index (χ1v) is 11.3. The van der Waals surface area contributed by atoms with Crippen molar-refractivity contribution >= 4 is 34.3 Å². The number of amides is 2. The van der Waals surface area contributed by atoms with Crippen LogP contribution in [0.2, 0.25) is 0 Å². The fourth-order valence-electron chi connectivity index (χ4n) is 3.52.